The number of rotatable bonds is 17. The Kier molecular flexibility index (Phi) is 13.5. The molecule has 14 heteroatoms. The number of carbonyl (C=O) groups excluding carboxylic acids is 4. The molecule has 9 N–H and O–H groups in total. The van der Waals surface area contributed by atoms with Gasteiger partial charge in [0.2, 0.25) is 23.6 Å². The lowest BCUT2D eigenvalue weighted by molar-refractivity contribution is -0.143. The summed E-state index contributed by atoms with van der Waals surface area (Å²) >= 11 is 1.45. The van der Waals surface area contributed by atoms with Crippen LogP contribution >= 0.6 is 11.8 Å². The summed E-state index contributed by atoms with van der Waals surface area (Å²) in [5.74, 6) is -3.67. The van der Waals surface area contributed by atoms with E-state index in [-0.39, 0.29) is 31.6 Å². The third-order valence-corrected chi connectivity index (χ3v) is 6.31. The van der Waals surface area contributed by atoms with Crippen LogP contribution < -0.4 is 27.4 Å². The molecule has 0 saturated carbocycles. The molecule has 0 aliphatic heterocycles. The highest BCUT2D eigenvalue weighted by molar-refractivity contribution is 7.98. The van der Waals surface area contributed by atoms with E-state index in [0.717, 1.165) is 0 Å². The minimum Gasteiger partial charge on any atom is -0.480 e. The number of aromatic nitrogens is 2. The van der Waals surface area contributed by atoms with Gasteiger partial charge in [-0.3, -0.25) is 19.2 Å². The lowest BCUT2D eigenvalue weighted by Gasteiger charge is -2.26. The number of carboxylic acid groups (broad SMARTS) is 1. The predicted molar refractivity (Wildman–Crippen MR) is 135 cm³/mol. The molecule has 202 valence electrons. The van der Waals surface area contributed by atoms with Crippen LogP contribution in [-0.2, 0) is 30.4 Å². The van der Waals surface area contributed by atoms with Crippen molar-refractivity contribution in [1.82, 2.24) is 25.9 Å². The Hall–Kier alpha value is -3.13. The van der Waals surface area contributed by atoms with Crippen LogP contribution in [0.3, 0.4) is 0 Å². The summed E-state index contributed by atoms with van der Waals surface area (Å²) < 4.78 is 0. The Morgan fingerprint density at radius 2 is 1.69 bits per heavy atom. The second kappa shape index (κ2) is 15.8. The molecule has 1 aromatic heterocycles. The summed E-state index contributed by atoms with van der Waals surface area (Å²) in [6.07, 6.45) is 5.38. The van der Waals surface area contributed by atoms with Gasteiger partial charge in [0, 0.05) is 24.7 Å². The minimum atomic E-state index is -1.19. The molecular weight excluding hydrogens is 490 g/mol. The molecule has 1 heterocycles. The summed E-state index contributed by atoms with van der Waals surface area (Å²) in [5.41, 5.74) is 11.8. The maximum atomic E-state index is 13.1. The quantitative estimate of drug-likeness (QED) is 0.130. The Labute approximate surface area is 214 Å². The molecule has 4 amide bonds. The van der Waals surface area contributed by atoms with Gasteiger partial charge >= 0.3 is 5.97 Å². The lowest BCUT2D eigenvalue weighted by atomic mass is 9.98. The number of carbonyl (C=O) groups is 5. The van der Waals surface area contributed by atoms with Crippen LogP contribution in [0.4, 0.5) is 0 Å². The van der Waals surface area contributed by atoms with Crippen LogP contribution in [0, 0.1) is 5.92 Å². The smallest absolute Gasteiger partial charge is 0.326 e. The van der Waals surface area contributed by atoms with Gasteiger partial charge in [-0.05, 0) is 30.8 Å². The summed E-state index contributed by atoms with van der Waals surface area (Å²) in [5, 5.41) is 17.1. The van der Waals surface area contributed by atoms with Crippen molar-refractivity contribution in [1.29, 1.82) is 0 Å². The van der Waals surface area contributed by atoms with E-state index >= 15 is 0 Å². The van der Waals surface area contributed by atoms with Crippen LogP contribution in [0.15, 0.2) is 12.5 Å². The Morgan fingerprint density at radius 1 is 1.08 bits per heavy atom. The number of nitrogens with one attached hydrogen (secondary N) is 4. The second-order valence-electron chi connectivity index (χ2n) is 8.51. The second-order valence-corrected chi connectivity index (χ2v) is 9.49. The fraction of sp³-hybridized carbons (Fsp3) is 0.636. The van der Waals surface area contributed by atoms with Crippen molar-refractivity contribution >= 4 is 41.4 Å². The van der Waals surface area contributed by atoms with Gasteiger partial charge in [-0.2, -0.15) is 11.8 Å². The monoisotopic (exact) mass is 527 g/mol. The van der Waals surface area contributed by atoms with Gasteiger partial charge in [-0.15, -0.1) is 0 Å². The van der Waals surface area contributed by atoms with Crippen molar-refractivity contribution in [3.63, 3.8) is 0 Å². The number of nitrogens with zero attached hydrogens (tertiary/aromatic N) is 1. The molecule has 5 atom stereocenters. The third kappa shape index (κ3) is 10.6. The van der Waals surface area contributed by atoms with Crippen molar-refractivity contribution in [2.75, 3.05) is 12.0 Å². The number of hydrogen-bond donors (Lipinski definition) is 7. The number of thioether (sulfide) groups is 1. The molecule has 0 aromatic carbocycles. The van der Waals surface area contributed by atoms with Crippen LogP contribution in [0.5, 0.6) is 0 Å². The first-order chi connectivity index (χ1) is 17.0. The maximum Gasteiger partial charge on any atom is 0.326 e. The first kappa shape index (κ1) is 30.9. The number of H-pyrrole nitrogens is 1. The SMILES string of the molecule is CCC(C)C(NC(=O)C(CCSC)NC(=O)C(CCC(N)=O)NC(=O)C(N)Cc1cnc[nH]1)C(=O)O. The van der Waals surface area contributed by atoms with E-state index in [9.17, 15) is 29.1 Å². The maximum absolute atomic E-state index is 13.1. The van der Waals surface area contributed by atoms with Crippen molar-refractivity contribution in [2.24, 2.45) is 17.4 Å². The predicted octanol–water partition coefficient (Wildman–Crippen LogP) is -1.12. The number of amides is 4. The average molecular weight is 528 g/mol. The van der Waals surface area contributed by atoms with E-state index in [1.807, 2.05) is 13.2 Å². The van der Waals surface area contributed by atoms with Gasteiger partial charge in [0.05, 0.1) is 12.4 Å². The summed E-state index contributed by atoms with van der Waals surface area (Å²) in [4.78, 5) is 68.3. The van der Waals surface area contributed by atoms with Gasteiger partial charge in [-0.25, -0.2) is 9.78 Å². The van der Waals surface area contributed by atoms with E-state index in [2.05, 4.69) is 25.9 Å². The van der Waals surface area contributed by atoms with Crippen LogP contribution in [0.1, 0.15) is 45.2 Å². The van der Waals surface area contributed by atoms with Crippen molar-refractivity contribution in [2.45, 2.75) is 70.1 Å². The Bertz CT molecular complexity index is 882. The molecule has 0 saturated heterocycles. The molecule has 0 spiro atoms. The molecule has 0 fully saturated rings. The van der Waals surface area contributed by atoms with Crippen molar-refractivity contribution < 1.29 is 29.1 Å². The van der Waals surface area contributed by atoms with E-state index < -0.39 is 53.8 Å². The summed E-state index contributed by atoms with van der Waals surface area (Å²) in [6.45, 7) is 3.51. The number of imidazole rings is 1. The molecule has 1 rings (SSSR count). The summed E-state index contributed by atoms with van der Waals surface area (Å²) in [7, 11) is 0. The molecule has 0 aliphatic carbocycles. The molecule has 5 unspecified atom stereocenters. The van der Waals surface area contributed by atoms with Gasteiger partial charge in [-0.1, -0.05) is 20.3 Å². The molecule has 0 aliphatic rings. The molecule has 0 bridgehead atoms. The number of carboxylic acids is 1. The molecule has 1 aromatic rings. The van der Waals surface area contributed by atoms with Gasteiger partial charge in [0.25, 0.3) is 0 Å². The molecule has 13 nitrogen and oxygen atoms in total. The molecular formula is C22H37N7O6S. The first-order valence-corrected chi connectivity index (χ1v) is 13.0. The van der Waals surface area contributed by atoms with Crippen LogP contribution in [0.2, 0.25) is 0 Å². The number of primary amides is 1. The zero-order chi connectivity index (χ0) is 27.3. The highest BCUT2D eigenvalue weighted by Crippen LogP contribution is 2.10. The highest BCUT2D eigenvalue weighted by Gasteiger charge is 2.32. The average Bonchev–Trinajstić information content (AvgIpc) is 3.34. The molecule has 0 radical (unpaired) electrons. The standard InChI is InChI=1S/C22H37N7O6S/c1-4-12(2)18(22(34)35)29-21(33)16(7-8-36-3)28-20(32)15(5-6-17(24)30)27-19(31)14(23)9-13-10-25-11-26-13/h10-12,14-16,18H,4-9,23H2,1-3H3,(H2,24,30)(H,25,26)(H,27,31)(H,28,32)(H,29,33)(H,34,35). The Morgan fingerprint density at radius 3 is 2.22 bits per heavy atom. The van der Waals surface area contributed by atoms with Crippen molar-refractivity contribution in [3.05, 3.63) is 18.2 Å². The largest absolute Gasteiger partial charge is 0.480 e. The normalized spacial score (nSPS) is 15.1. The van der Waals surface area contributed by atoms with Gasteiger partial charge in [0.1, 0.15) is 18.1 Å². The number of nitrogens with two attached hydrogens (primary N) is 2. The van der Waals surface area contributed by atoms with E-state index in [4.69, 9.17) is 11.5 Å². The van der Waals surface area contributed by atoms with E-state index in [0.29, 0.717) is 17.9 Å². The van der Waals surface area contributed by atoms with Gasteiger partial charge < -0.3 is 37.5 Å². The zero-order valence-corrected chi connectivity index (χ0v) is 21.6. The highest BCUT2D eigenvalue weighted by atomic mass is 32.2. The number of hydrogen-bond acceptors (Lipinski definition) is 8. The van der Waals surface area contributed by atoms with Crippen LogP contribution in [-0.4, -0.2) is 80.8 Å². The summed E-state index contributed by atoms with van der Waals surface area (Å²) in [6, 6.07) is -4.37. The van der Waals surface area contributed by atoms with E-state index in [1.54, 1.807) is 6.92 Å². The topological polar surface area (TPSA) is 222 Å². The Balaban J connectivity index is 2.97. The number of aromatic amines is 1. The fourth-order valence-electron chi connectivity index (χ4n) is 3.27. The fourth-order valence-corrected chi connectivity index (χ4v) is 3.75. The van der Waals surface area contributed by atoms with Crippen LogP contribution in [0.25, 0.3) is 0 Å². The minimum absolute atomic E-state index is 0.106. The molecule has 36 heavy (non-hydrogen) atoms. The van der Waals surface area contributed by atoms with E-state index in [1.165, 1.54) is 24.3 Å². The zero-order valence-electron chi connectivity index (χ0n) is 20.8. The number of aliphatic carboxylic acids is 1. The third-order valence-electron chi connectivity index (χ3n) is 5.66. The van der Waals surface area contributed by atoms with Crippen molar-refractivity contribution in [3.8, 4) is 0 Å². The first-order valence-electron chi connectivity index (χ1n) is 11.6. The van der Waals surface area contributed by atoms with Gasteiger partial charge in [0.15, 0.2) is 0 Å². The lowest BCUT2D eigenvalue weighted by Crippen LogP contribution is -2.58.